The van der Waals surface area contributed by atoms with E-state index in [1.165, 1.54) is 38.5 Å². The average molecular weight is 155 g/mol. The Hall–Kier alpha value is -0.0400. The van der Waals surface area contributed by atoms with Crippen LogP contribution < -0.4 is 0 Å². The molecule has 0 aromatic rings. The molecular weight excluding hydrogens is 136 g/mol. The van der Waals surface area contributed by atoms with Crippen molar-refractivity contribution in [1.82, 2.24) is 0 Å². The molecule has 0 aliphatic heterocycles. The molecule has 0 aromatic carbocycles. The number of aliphatic hydroxyl groups excluding tert-OH is 1. The quantitative estimate of drug-likeness (QED) is 0.607. The summed E-state index contributed by atoms with van der Waals surface area (Å²) in [6, 6.07) is 0. The standard InChI is InChI=1S/C10H19O/c1-9(11)8-10-6-4-2-3-5-7-10/h9-11H,1-8H2. The van der Waals surface area contributed by atoms with Gasteiger partial charge >= 0.3 is 0 Å². The lowest BCUT2D eigenvalue weighted by atomic mass is 9.94. The van der Waals surface area contributed by atoms with E-state index >= 15 is 0 Å². The predicted octanol–water partition coefficient (Wildman–Crippen LogP) is 2.54. The molecule has 1 rings (SSSR count). The van der Waals surface area contributed by atoms with Crippen LogP contribution in [-0.4, -0.2) is 11.2 Å². The molecule has 0 spiro atoms. The lowest BCUT2D eigenvalue weighted by Gasteiger charge is -2.14. The third-order valence-corrected chi connectivity index (χ3v) is 2.58. The van der Waals surface area contributed by atoms with Gasteiger partial charge in [0.1, 0.15) is 0 Å². The van der Waals surface area contributed by atoms with E-state index in [0.717, 1.165) is 12.3 Å². The van der Waals surface area contributed by atoms with Crippen molar-refractivity contribution < 1.29 is 5.11 Å². The highest BCUT2D eigenvalue weighted by Gasteiger charge is 2.13. The first kappa shape index (κ1) is 9.05. The molecule has 1 saturated carbocycles. The second-order valence-electron chi connectivity index (χ2n) is 3.75. The van der Waals surface area contributed by atoms with E-state index in [0.29, 0.717) is 0 Å². The fraction of sp³-hybridized carbons (Fsp3) is 0.900. The third-order valence-electron chi connectivity index (χ3n) is 2.58. The Morgan fingerprint density at radius 1 is 1.18 bits per heavy atom. The SMILES string of the molecule is [CH2]C(O)CC1CCCCCC1. The normalized spacial score (nSPS) is 24.5. The van der Waals surface area contributed by atoms with Crippen LogP contribution in [0.2, 0.25) is 0 Å². The summed E-state index contributed by atoms with van der Waals surface area (Å²) < 4.78 is 0. The molecule has 0 amide bonds. The Morgan fingerprint density at radius 2 is 1.73 bits per heavy atom. The maximum absolute atomic E-state index is 9.09. The molecule has 11 heavy (non-hydrogen) atoms. The fourth-order valence-electron chi connectivity index (χ4n) is 1.98. The van der Waals surface area contributed by atoms with Crippen molar-refractivity contribution in [2.75, 3.05) is 0 Å². The Bertz CT molecular complexity index is 91.0. The number of rotatable bonds is 2. The van der Waals surface area contributed by atoms with Crippen LogP contribution in [0.25, 0.3) is 0 Å². The second-order valence-corrected chi connectivity index (χ2v) is 3.75. The van der Waals surface area contributed by atoms with Crippen LogP contribution in [0.15, 0.2) is 0 Å². The molecule has 1 atom stereocenters. The van der Waals surface area contributed by atoms with Gasteiger partial charge in [0.25, 0.3) is 0 Å². The van der Waals surface area contributed by atoms with Crippen molar-refractivity contribution in [3.8, 4) is 0 Å². The van der Waals surface area contributed by atoms with Crippen molar-refractivity contribution in [2.24, 2.45) is 5.92 Å². The summed E-state index contributed by atoms with van der Waals surface area (Å²) in [6.45, 7) is 3.62. The Kier molecular flexibility index (Phi) is 3.92. The number of hydrogen-bond donors (Lipinski definition) is 1. The topological polar surface area (TPSA) is 20.2 Å². The molecule has 1 unspecified atom stereocenters. The fourth-order valence-corrected chi connectivity index (χ4v) is 1.98. The van der Waals surface area contributed by atoms with Gasteiger partial charge in [-0.15, -0.1) is 0 Å². The first-order chi connectivity index (χ1) is 5.29. The molecule has 1 aliphatic rings. The van der Waals surface area contributed by atoms with Gasteiger partial charge in [-0.2, -0.15) is 0 Å². The van der Waals surface area contributed by atoms with E-state index in [1.54, 1.807) is 0 Å². The molecular formula is C10H19O. The molecule has 0 saturated heterocycles. The zero-order chi connectivity index (χ0) is 8.10. The first-order valence-electron chi connectivity index (χ1n) is 4.80. The van der Waals surface area contributed by atoms with Crippen molar-refractivity contribution in [2.45, 2.75) is 51.0 Å². The summed E-state index contributed by atoms with van der Waals surface area (Å²) in [6.07, 6.45) is 8.71. The summed E-state index contributed by atoms with van der Waals surface area (Å²) >= 11 is 0. The second kappa shape index (κ2) is 4.76. The van der Waals surface area contributed by atoms with Crippen LogP contribution in [0.3, 0.4) is 0 Å². The van der Waals surface area contributed by atoms with Gasteiger partial charge in [0.05, 0.1) is 6.10 Å². The highest BCUT2D eigenvalue weighted by Crippen LogP contribution is 2.26. The van der Waals surface area contributed by atoms with Gasteiger partial charge < -0.3 is 5.11 Å². The summed E-state index contributed by atoms with van der Waals surface area (Å²) in [5, 5.41) is 9.09. The Morgan fingerprint density at radius 3 is 2.18 bits per heavy atom. The molecule has 1 nitrogen and oxygen atoms in total. The molecule has 1 fully saturated rings. The number of aliphatic hydroxyl groups is 1. The minimum absolute atomic E-state index is 0.335. The summed E-state index contributed by atoms with van der Waals surface area (Å²) in [5.41, 5.74) is 0. The zero-order valence-electron chi connectivity index (χ0n) is 7.26. The van der Waals surface area contributed by atoms with Crippen LogP contribution in [0.5, 0.6) is 0 Å². The Balaban J connectivity index is 2.20. The van der Waals surface area contributed by atoms with Gasteiger partial charge in [0.2, 0.25) is 0 Å². The maximum atomic E-state index is 9.09. The van der Waals surface area contributed by atoms with Crippen LogP contribution in [0.4, 0.5) is 0 Å². The van der Waals surface area contributed by atoms with Crippen molar-refractivity contribution in [3.05, 3.63) is 6.92 Å². The van der Waals surface area contributed by atoms with E-state index in [9.17, 15) is 0 Å². The van der Waals surface area contributed by atoms with Crippen molar-refractivity contribution in [1.29, 1.82) is 0 Å². The van der Waals surface area contributed by atoms with Gasteiger partial charge in [-0.3, -0.25) is 0 Å². The molecule has 0 heterocycles. The molecule has 1 heteroatoms. The monoisotopic (exact) mass is 155 g/mol. The predicted molar refractivity (Wildman–Crippen MR) is 47.2 cm³/mol. The third kappa shape index (κ3) is 3.76. The average Bonchev–Trinajstić information content (AvgIpc) is 2.14. The lowest BCUT2D eigenvalue weighted by Crippen LogP contribution is -2.09. The molecule has 65 valence electrons. The highest BCUT2D eigenvalue weighted by molar-refractivity contribution is 4.69. The molecule has 0 bridgehead atoms. The first-order valence-corrected chi connectivity index (χ1v) is 4.80. The van der Waals surface area contributed by atoms with Crippen LogP contribution in [-0.2, 0) is 0 Å². The number of hydrogen-bond acceptors (Lipinski definition) is 1. The molecule has 1 N–H and O–H groups in total. The maximum Gasteiger partial charge on any atom is 0.0543 e. The van der Waals surface area contributed by atoms with Gasteiger partial charge in [-0.1, -0.05) is 38.5 Å². The summed E-state index contributed by atoms with van der Waals surface area (Å²) in [5.74, 6) is 0.755. The van der Waals surface area contributed by atoms with Gasteiger partial charge in [-0.05, 0) is 19.3 Å². The minimum atomic E-state index is -0.335. The van der Waals surface area contributed by atoms with E-state index in [2.05, 4.69) is 6.92 Å². The minimum Gasteiger partial charge on any atom is -0.393 e. The van der Waals surface area contributed by atoms with E-state index in [-0.39, 0.29) is 6.10 Å². The van der Waals surface area contributed by atoms with E-state index < -0.39 is 0 Å². The smallest absolute Gasteiger partial charge is 0.0543 e. The van der Waals surface area contributed by atoms with E-state index in [4.69, 9.17) is 5.11 Å². The largest absolute Gasteiger partial charge is 0.393 e. The van der Waals surface area contributed by atoms with Crippen LogP contribution in [0.1, 0.15) is 44.9 Å². The highest BCUT2D eigenvalue weighted by atomic mass is 16.3. The van der Waals surface area contributed by atoms with Gasteiger partial charge in [0, 0.05) is 0 Å². The van der Waals surface area contributed by atoms with E-state index in [1.807, 2.05) is 0 Å². The zero-order valence-corrected chi connectivity index (χ0v) is 7.26. The Labute approximate surface area is 69.8 Å². The molecule has 1 aliphatic carbocycles. The van der Waals surface area contributed by atoms with Crippen LogP contribution in [0, 0.1) is 12.8 Å². The summed E-state index contributed by atoms with van der Waals surface area (Å²) in [7, 11) is 0. The molecule has 0 aromatic heterocycles. The van der Waals surface area contributed by atoms with Gasteiger partial charge in [0.15, 0.2) is 0 Å². The van der Waals surface area contributed by atoms with Gasteiger partial charge in [-0.25, -0.2) is 0 Å². The molecule has 1 radical (unpaired) electrons. The van der Waals surface area contributed by atoms with Crippen LogP contribution >= 0.6 is 0 Å². The summed E-state index contributed by atoms with van der Waals surface area (Å²) in [4.78, 5) is 0. The van der Waals surface area contributed by atoms with Crippen molar-refractivity contribution in [3.63, 3.8) is 0 Å². The van der Waals surface area contributed by atoms with Crippen molar-refractivity contribution >= 4 is 0 Å². The lowest BCUT2D eigenvalue weighted by molar-refractivity contribution is 0.178.